The Hall–Kier alpha value is -1.29. The average Bonchev–Trinajstić information content (AvgIpc) is 2.58. The summed E-state index contributed by atoms with van der Waals surface area (Å²) in [6.07, 6.45) is 1.05. The molecule has 0 saturated heterocycles. The normalized spacial score (nSPS) is 10.8. The van der Waals surface area contributed by atoms with Crippen molar-refractivity contribution in [2.45, 2.75) is 26.8 Å². The van der Waals surface area contributed by atoms with Crippen molar-refractivity contribution >= 4 is 21.7 Å². The first-order valence-electron chi connectivity index (χ1n) is 5.72. The highest BCUT2D eigenvalue weighted by molar-refractivity contribution is 9.10. The number of nitrogens with two attached hydrogens (primary N) is 1. The fourth-order valence-electron chi connectivity index (χ4n) is 1.94. The lowest BCUT2D eigenvalue weighted by Gasteiger charge is -2.06. The van der Waals surface area contributed by atoms with Crippen LogP contribution in [-0.4, -0.2) is 9.55 Å². The summed E-state index contributed by atoms with van der Waals surface area (Å²) < 4.78 is 3.09. The number of nitrogens with zero attached hydrogens (tertiary/aromatic N) is 2. The van der Waals surface area contributed by atoms with Gasteiger partial charge < -0.3 is 10.3 Å². The lowest BCUT2D eigenvalue weighted by atomic mass is 10.1. The lowest BCUT2D eigenvalue weighted by molar-refractivity contribution is 0.665. The van der Waals surface area contributed by atoms with E-state index < -0.39 is 0 Å². The quantitative estimate of drug-likeness (QED) is 0.939. The van der Waals surface area contributed by atoms with Crippen LogP contribution >= 0.6 is 15.9 Å². The van der Waals surface area contributed by atoms with Crippen molar-refractivity contribution in [1.29, 1.82) is 0 Å². The number of hydrogen-bond donors (Lipinski definition) is 1. The van der Waals surface area contributed by atoms with Crippen molar-refractivity contribution in [3.05, 3.63) is 34.6 Å². The maximum absolute atomic E-state index is 6.17. The number of benzene rings is 1. The minimum Gasteiger partial charge on any atom is -0.383 e. The Balaban J connectivity index is 2.54. The second-order valence-corrected chi connectivity index (χ2v) is 4.88. The summed E-state index contributed by atoms with van der Waals surface area (Å²) in [6, 6.07) is 8.01. The largest absolute Gasteiger partial charge is 0.383 e. The molecule has 0 radical (unpaired) electrons. The van der Waals surface area contributed by atoms with Crippen molar-refractivity contribution in [2.75, 3.05) is 5.73 Å². The Labute approximate surface area is 110 Å². The molecular formula is C13H16BrN3. The molecule has 0 aliphatic rings. The molecule has 2 aromatic rings. The Morgan fingerprint density at radius 2 is 2.06 bits per heavy atom. The van der Waals surface area contributed by atoms with Crippen LogP contribution in [0.25, 0.3) is 11.3 Å². The molecule has 17 heavy (non-hydrogen) atoms. The molecule has 0 fully saturated rings. The van der Waals surface area contributed by atoms with Gasteiger partial charge in [-0.1, -0.05) is 41.1 Å². The van der Waals surface area contributed by atoms with E-state index in [2.05, 4.69) is 32.4 Å². The van der Waals surface area contributed by atoms with E-state index >= 15 is 0 Å². The third-order valence-electron chi connectivity index (χ3n) is 2.77. The molecule has 3 nitrogen and oxygen atoms in total. The first kappa shape index (κ1) is 12.2. The number of nitrogen functional groups attached to an aromatic ring is 1. The molecule has 0 bridgehead atoms. The summed E-state index contributed by atoms with van der Waals surface area (Å²) >= 11 is 3.54. The Bertz CT molecular complexity index is 531. The van der Waals surface area contributed by atoms with Gasteiger partial charge in [0.25, 0.3) is 0 Å². The van der Waals surface area contributed by atoms with Gasteiger partial charge in [-0.3, -0.25) is 0 Å². The van der Waals surface area contributed by atoms with Gasteiger partial charge >= 0.3 is 0 Å². The van der Waals surface area contributed by atoms with E-state index in [1.807, 2.05) is 31.2 Å². The van der Waals surface area contributed by atoms with Crippen molar-refractivity contribution in [3.8, 4) is 11.3 Å². The minimum atomic E-state index is 0.747. The Morgan fingerprint density at radius 1 is 1.35 bits per heavy atom. The molecule has 2 rings (SSSR count). The zero-order valence-corrected chi connectivity index (χ0v) is 11.7. The van der Waals surface area contributed by atoms with Crippen LogP contribution in [0.3, 0.4) is 0 Å². The molecule has 0 saturated carbocycles. The number of hydrogen-bond acceptors (Lipinski definition) is 2. The molecule has 90 valence electrons. The molecule has 0 atom stereocenters. The number of anilines is 1. The molecule has 0 unspecified atom stereocenters. The van der Waals surface area contributed by atoms with Crippen LogP contribution in [-0.2, 0) is 6.54 Å². The smallest absolute Gasteiger partial charge is 0.131 e. The van der Waals surface area contributed by atoms with E-state index in [0.717, 1.165) is 40.3 Å². The maximum atomic E-state index is 6.17. The Morgan fingerprint density at radius 3 is 2.71 bits per heavy atom. The van der Waals surface area contributed by atoms with E-state index in [0.29, 0.717) is 0 Å². The zero-order chi connectivity index (χ0) is 12.4. The number of rotatable bonds is 3. The summed E-state index contributed by atoms with van der Waals surface area (Å²) in [5, 5.41) is 0. The number of halogens is 1. The van der Waals surface area contributed by atoms with E-state index in [1.165, 1.54) is 0 Å². The van der Waals surface area contributed by atoms with E-state index in [9.17, 15) is 0 Å². The monoisotopic (exact) mass is 293 g/mol. The van der Waals surface area contributed by atoms with Gasteiger partial charge in [-0.2, -0.15) is 0 Å². The van der Waals surface area contributed by atoms with Gasteiger partial charge in [-0.15, -0.1) is 0 Å². The van der Waals surface area contributed by atoms with Crippen LogP contribution in [0.5, 0.6) is 0 Å². The molecule has 0 amide bonds. The van der Waals surface area contributed by atoms with Crippen LogP contribution < -0.4 is 5.73 Å². The first-order valence-corrected chi connectivity index (χ1v) is 6.52. The van der Waals surface area contributed by atoms with Gasteiger partial charge in [-0.25, -0.2) is 4.98 Å². The predicted molar refractivity (Wildman–Crippen MR) is 74.8 cm³/mol. The van der Waals surface area contributed by atoms with Crippen molar-refractivity contribution in [2.24, 2.45) is 0 Å². The first-order chi connectivity index (χ1) is 8.15. The molecule has 1 aromatic heterocycles. The third kappa shape index (κ3) is 2.22. The highest BCUT2D eigenvalue weighted by Gasteiger charge is 2.14. The molecule has 4 heteroatoms. The fourth-order valence-corrected chi connectivity index (χ4v) is 2.41. The second kappa shape index (κ2) is 4.92. The molecule has 0 aliphatic carbocycles. The van der Waals surface area contributed by atoms with Gasteiger partial charge in [0.2, 0.25) is 0 Å². The van der Waals surface area contributed by atoms with Crippen molar-refractivity contribution in [1.82, 2.24) is 9.55 Å². The second-order valence-electron chi connectivity index (χ2n) is 4.02. The summed E-state index contributed by atoms with van der Waals surface area (Å²) in [6.45, 7) is 5.04. The van der Waals surface area contributed by atoms with Crippen LogP contribution in [0.15, 0.2) is 28.7 Å². The van der Waals surface area contributed by atoms with E-state index in [4.69, 9.17) is 5.73 Å². The van der Waals surface area contributed by atoms with Gasteiger partial charge in [0, 0.05) is 16.6 Å². The van der Waals surface area contributed by atoms with Crippen molar-refractivity contribution < 1.29 is 0 Å². The average molecular weight is 294 g/mol. The number of imidazole rings is 1. The third-order valence-corrected chi connectivity index (χ3v) is 3.47. The maximum Gasteiger partial charge on any atom is 0.131 e. The molecule has 1 heterocycles. The Kier molecular flexibility index (Phi) is 3.52. The molecule has 2 N–H and O–H groups in total. The van der Waals surface area contributed by atoms with Crippen LogP contribution in [0.4, 0.5) is 5.82 Å². The zero-order valence-electron chi connectivity index (χ0n) is 10.1. The summed E-state index contributed by atoms with van der Waals surface area (Å²) in [5.41, 5.74) is 8.08. The van der Waals surface area contributed by atoms with E-state index in [1.54, 1.807) is 0 Å². The van der Waals surface area contributed by atoms with Crippen molar-refractivity contribution in [3.63, 3.8) is 0 Å². The van der Waals surface area contributed by atoms with Crippen LogP contribution in [0.1, 0.15) is 19.2 Å². The number of aromatic nitrogens is 2. The standard InChI is InChI=1S/C13H16BrN3/c1-3-8-17-9(2)16-12(13(17)15)10-6-4-5-7-11(10)14/h4-7H,3,8,15H2,1-2H3. The van der Waals surface area contributed by atoms with Gasteiger partial charge in [0.15, 0.2) is 0 Å². The number of aryl methyl sites for hydroxylation is 1. The van der Waals surface area contributed by atoms with Gasteiger partial charge in [0.1, 0.15) is 17.3 Å². The predicted octanol–water partition coefficient (Wildman–Crippen LogP) is 3.61. The SMILES string of the molecule is CCCn1c(C)nc(-c2ccccc2Br)c1N. The van der Waals surface area contributed by atoms with Crippen LogP contribution in [0.2, 0.25) is 0 Å². The molecule has 0 aliphatic heterocycles. The van der Waals surface area contributed by atoms with Gasteiger partial charge in [-0.05, 0) is 19.4 Å². The van der Waals surface area contributed by atoms with E-state index in [-0.39, 0.29) is 0 Å². The molecule has 1 aromatic carbocycles. The summed E-state index contributed by atoms with van der Waals surface area (Å²) in [4.78, 5) is 4.57. The summed E-state index contributed by atoms with van der Waals surface area (Å²) in [5.74, 6) is 1.71. The fraction of sp³-hybridized carbons (Fsp3) is 0.308. The highest BCUT2D eigenvalue weighted by atomic mass is 79.9. The van der Waals surface area contributed by atoms with Gasteiger partial charge in [0.05, 0.1) is 0 Å². The van der Waals surface area contributed by atoms with Crippen LogP contribution in [0, 0.1) is 6.92 Å². The topological polar surface area (TPSA) is 43.8 Å². The minimum absolute atomic E-state index is 0.747. The molecule has 0 spiro atoms. The lowest BCUT2D eigenvalue weighted by Crippen LogP contribution is -2.04. The highest BCUT2D eigenvalue weighted by Crippen LogP contribution is 2.31. The molecular weight excluding hydrogens is 278 g/mol. The summed E-state index contributed by atoms with van der Waals surface area (Å²) in [7, 11) is 0.